The third-order valence-corrected chi connectivity index (χ3v) is 5.75. The second kappa shape index (κ2) is 10.2. The van der Waals surface area contributed by atoms with Gasteiger partial charge >= 0.3 is 5.69 Å². The van der Waals surface area contributed by atoms with Crippen LogP contribution in [0.3, 0.4) is 0 Å². The zero-order valence-electron chi connectivity index (χ0n) is 19.3. The number of aromatic amines is 1. The molecule has 0 bridgehead atoms. The second-order valence-corrected chi connectivity index (χ2v) is 8.92. The lowest BCUT2D eigenvalue weighted by atomic mass is 10.2. The molecule has 0 atom stereocenters. The molecule has 3 N–H and O–H groups in total. The molecular weight excluding hydrogens is 448 g/mol. The second-order valence-electron chi connectivity index (χ2n) is 7.98. The van der Waals surface area contributed by atoms with Gasteiger partial charge in [0.05, 0.1) is 12.4 Å². The molecule has 0 aromatic carbocycles. The minimum absolute atomic E-state index is 0.0417. The van der Waals surface area contributed by atoms with Gasteiger partial charge in [-0.1, -0.05) is 25.6 Å². The van der Waals surface area contributed by atoms with Gasteiger partial charge in [0, 0.05) is 31.6 Å². The van der Waals surface area contributed by atoms with E-state index in [1.54, 1.807) is 4.40 Å². The SMILES string of the molecule is COCCN(C(=O)CSc1nnc2nc(C)cc(C)n12)c1c(N)n(CC(C)C)c(=O)[nH]c1=O. The van der Waals surface area contributed by atoms with E-state index in [-0.39, 0.29) is 36.3 Å². The lowest BCUT2D eigenvalue weighted by Gasteiger charge is -2.24. The molecule has 0 aliphatic carbocycles. The predicted molar refractivity (Wildman–Crippen MR) is 126 cm³/mol. The number of hydrogen-bond acceptors (Lipinski definition) is 9. The van der Waals surface area contributed by atoms with E-state index in [1.807, 2.05) is 33.8 Å². The maximum Gasteiger partial charge on any atom is 0.330 e. The lowest BCUT2D eigenvalue weighted by Crippen LogP contribution is -2.43. The molecule has 0 aliphatic rings. The monoisotopic (exact) mass is 476 g/mol. The normalized spacial score (nSPS) is 11.5. The van der Waals surface area contributed by atoms with Gasteiger partial charge in [-0.3, -0.25) is 23.5 Å². The Hall–Kier alpha value is -3.19. The number of nitrogen functional groups attached to an aromatic ring is 1. The summed E-state index contributed by atoms with van der Waals surface area (Å²) in [6.07, 6.45) is 0. The van der Waals surface area contributed by atoms with Crippen molar-refractivity contribution in [2.24, 2.45) is 5.92 Å². The van der Waals surface area contributed by atoms with Crippen LogP contribution in [0.25, 0.3) is 5.78 Å². The number of fused-ring (bicyclic) bond motifs is 1. The molecule has 33 heavy (non-hydrogen) atoms. The molecule has 0 aliphatic heterocycles. The van der Waals surface area contributed by atoms with E-state index >= 15 is 0 Å². The summed E-state index contributed by atoms with van der Waals surface area (Å²) in [4.78, 5) is 46.0. The van der Waals surface area contributed by atoms with Crippen LogP contribution in [0.15, 0.2) is 20.8 Å². The highest BCUT2D eigenvalue weighted by atomic mass is 32.2. The fourth-order valence-electron chi connectivity index (χ4n) is 3.43. The number of thioether (sulfide) groups is 1. The number of nitrogens with one attached hydrogen (secondary N) is 1. The molecule has 12 nitrogen and oxygen atoms in total. The summed E-state index contributed by atoms with van der Waals surface area (Å²) in [7, 11) is 1.49. The minimum atomic E-state index is -0.726. The number of nitrogens with two attached hydrogens (primary N) is 1. The zero-order chi connectivity index (χ0) is 24.3. The Morgan fingerprint density at radius 2 is 2.03 bits per heavy atom. The maximum atomic E-state index is 13.2. The largest absolute Gasteiger partial charge is 0.383 e. The van der Waals surface area contributed by atoms with Crippen molar-refractivity contribution in [2.45, 2.75) is 39.4 Å². The summed E-state index contributed by atoms with van der Waals surface area (Å²) >= 11 is 1.17. The van der Waals surface area contributed by atoms with Gasteiger partial charge in [0.1, 0.15) is 5.82 Å². The first kappa shape index (κ1) is 24.5. The third kappa shape index (κ3) is 5.25. The average Bonchev–Trinajstić information content (AvgIpc) is 3.14. The Morgan fingerprint density at radius 1 is 1.30 bits per heavy atom. The number of aromatic nitrogens is 6. The Labute approximate surface area is 194 Å². The summed E-state index contributed by atoms with van der Waals surface area (Å²) in [6.45, 7) is 8.17. The van der Waals surface area contributed by atoms with Crippen molar-refractivity contribution in [3.63, 3.8) is 0 Å². The van der Waals surface area contributed by atoms with Crippen LogP contribution < -0.4 is 21.9 Å². The average molecular weight is 477 g/mol. The van der Waals surface area contributed by atoms with Crippen molar-refractivity contribution in [1.29, 1.82) is 0 Å². The van der Waals surface area contributed by atoms with Crippen LogP contribution in [0.4, 0.5) is 11.5 Å². The van der Waals surface area contributed by atoms with Gasteiger partial charge in [-0.15, -0.1) is 10.2 Å². The highest BCUT2D eigenvalue weighted by Crippen LogP contribution is 2.22. The number of H-pyrrole nitrogens is 1. The van der Waals surface area contributed by atoms with Crippen LogP contribution in [-0.2, 0) is 16.1 Å². The van der Waals surface area contributed by atoms with Crippen LogP contribution >= 0.6 is 11.8 Å². The van der Waals surface area contributed by atoms with E-state index < -0.39 is 17.2 Å². The summed E-state index contributed by atoms with van der Waals surface area (Å²) in [5.41, 5.74) is 6.50. The predicted octanol–water partition coefficient (Wildman–Crippen LogP) is 0.601. The van der Waals surface area contributed by atoms with E-state index in [0.717, 1.165) is 11.4 Å². The molecule has 0 saturated heterocycles. The smallest absolute Gasteiger partial charge is 0.330 e. The number of carbonyl (C=O) groups excluding carboxylic acids is 1. The van der Waals surface area contributed by atoms with Gasteiger partial charge in [-0.25, -0.2) is 9.78 Å². The highest BCUT2D eigenvalue weighted by Gasteiger charge is 2.25. The van der Waals surface area contributed by atoms with Crippen molar-refractivity contribution in [1.82, 2.24) is 29.1 Å². The molecule has 0 radical (unpaired) electrons. The van der Waals surface area contributed by atoms with Gasteiger partial charge in [0.25, 0.3) is 11.3 Å². The Balaban J connectivity index is 1.93. The molecule has 1 amide bonds. The van der Waals surface area contributed by atoms with E-state index in [0.29, 0.717) is 17.5 Å². The molecule has 178 valence electrons. The van der Waals surface area contributed by atoms with Crippen molar-refractivity contribution in [3.05, 3.63) is 38.3 Å². The molecular formula is C20H28N8O4S. The minimum Gasteiger partial charge on any atom is -0.383 e. The molecule has 3 heterocycles. The number of carbonyl (C=O) groups is 1. The molecule has 0 fully saturated rings. The quantitative estimate of drug-likeness (QED) is 0.423. The Bertz CT molecular complexity index is 1280. The van der Waals surface area contributed by atoms with Crippen LogP contribution in [-0.4, -0.2) is 61.1 Å². The van der Waals surface area contributed by atoms with E-state index in [1.165, 1.54) is 28.3 Å². The Morgan fingerprint density at radius 3 is 2.70 bits per heavy atom. The van der Waals surface area contributed by atoms with E-state index in [4.69, 9.17) is 10.5 Å². The van der Waals surface area contributed by atoms with Crippen molar-refractivity contribution in [3.8, 4) is 0 Å². The highest BCUT2D eigenvalue weighted by molar-refractivity contribution is 7.99. The van der Waals surface area contributed by atoms with E-state index in [9.17, 15) is 14.4 Å². The standard InChI is InChI=1S/C20H28N8O4S/c1-11(2)9-27-16(21)15(17(30)23-19(27)31)26(6-7-32-5)14(29)10-33-20-25-24-18-22-12(3)8-13(4)28(18)20/h8,11H,6-7,9-10,21H2,1-5H3,(H,23,30,31). The third-order valence-electron chi connectivity index (χ3n) is 4.84. The molecule has 13 heteroatoms. The molecule has 0 unspecified atom stereocenters. The number of ether oxygens (including phenoxy) is 1. The lowest BCUT2D eigenvalue weighted by molar-refractivity contribution is -0.116. The summed E-state index contributed by atoms with van der Waals surface area (Å²) in [5.74, 6) is 0.0538. The summed E-state index contributed by atoms with van der Waals surface area (Å²) < 4.78 is 8.15. The number of hydrogen-bond donors (Lipinski definition) is 2. The van der Waals surface area contributed by atoms with Gasteiger partial charge in [0.15, 0.2) is 10.8 Å². The number of rotatable bonds is 9. The molecule has 3 aromatic rings. The van der Waals surface area contributed by atoms with Crippen molar-refractivity contribution < 1.29 is 9.53 Å². The number of aryl methyl sites for hydroxylation is 2. The van der Waals surface area contributed by atoms with Gasteiger partial charge in [-0.05, 0) is 25.8 Å². The molecule has 0 saturated carbocycles. The number of anilines is 2. The van der Waals surface area contributed by atoms with Gasteiger partial charge in [0.2, 0.25) is 5.91 Å². The fraction of sp³-hybridized carbons (Fsp3) is 0.500. The van der Waals surface area contributed by atoms with Crippen molar-refractivity contribution >= 4 is 35.0 Å². The number of amides is 1. The fourth-order valence-corrected chi connectivity index (χ4v) is 4.29. The van der Waals surface area contributed by atoms with Crippen LogP contribution in [0.2, 0.25) is 0 Å². The first-order valence-corrected chi connectivity index (χ1v) is 11.4. The van der Waals surface area contributed by atoms with Crippen LogP contribution in [0.1, 0.15) is 25.2 Å². The molecule has 3 rings (SSSR count). The van der Waals surface area contributed by atoms with E-state index in [2.05, 4.69) is 20.2 Å². The van der Waals surface area contributed by atoms with Gasteiger partial charge in [-0.2, -0.15) is 0 Å². The summed E-state index contributed by atoms with van der Waals surface area (Å²) in [6, 6.07) is 1.89. The van der Waals surface area contributed by atoms with Crippen LogP contribution in [0.5, 0.6) is 0 Å². The first-order chi connectivity index (χ1) is 15.6. The molecule has 3 aromatic heterocycles. The zero-order valence-corrected chi connectivity index (χ0v) is 20.1. The molecule has 0 spiro atoms. The first-order valence-electron chi connectivity index (χ1n) is 10.4. The number of nitrogens with zero attached hydrogens (tertiary/aromatic N) is 6. The maximum absolute atomic E-state index is 13.2. The number of methoxy groups -OCH3 is 1. The Kier molecular flexibility index (Phi) is 7.53. The van der Waals surface area contributed by atoms with Gasteiger partial charge < -0.3 is 15.4 Å². The summed E-state index contributed by atoms with van der Waals surface area (Å²) in [5, 5.41) is 8.71. The topological polar surface area (TPSA) is 153 Å². The van der Waals surface area contributed by atoms with Crippen LogP contribution in [0, 0.1) is 19.8 Å². The van der Waals surface area contributed by atoms with Crippen molar-refractivity contribution in [2.75, 3.05) is 36.6 Å².